The Morgan fingerprint density at radius 2 is 0.162 bits per heavy atom. The molecule has 0 aromatic rings. The zero-order valence-electron chi connectivity index (χ0n) is 17.7. The Labute approximate surface area is 229 Å². The van der Waals surface area contributed by atoms with Gasteiger partial charge in [-0.1, -0.05) is 0 Å². The Kier molecular flexibility index (Phi) is 2770. The van der Waals surface area contributed by atoms with Crippen LogP contribution >= 0.6 is 0 Å². The van der Waals surface area contributed by atoms with E-state index in [4.69, 9.17) is 60.3 Å². The molecule has 0 bridgehead atoms. The van der Waals surface area contributed by atoms with Crippen LogP contribution in [0, 0.1) is 0 Å². The molecule has 0 radical (unpaired) electrons. The van der Waals surface area contributed by atoms with Crippen molar-refractivity contribution in [2.45, 2.75) is 0 Å². The molecule has 0 unspecified atom stereocenters. The maximum atomic E-state index is 7.17. The minimum absolute atomic E-state index is 0. The maximum absolute atomic E-state index is 7.17. The van der Waals surface area contributed by atoms with Crippen molar-refractivity contribution in [3.8, 4) is 0 Å². The topological polar surface area (TPSA) is 873 Å². The molecule has 0 saturated carbocycles. The van der Waals surface area contributed by atoms with E-state index in [2.05, 4.69) is 0 Å². The SMILES string of the molecule is O.O.O.O.O.O.O.O.O.O.O.O.O.O.O.O.O.O.O.O.OB(O)O.OB(O)O.OB(O)O.OB(O)O.[NaH]. The van der Waals surface area contributed by atoms with Crippen molar-refractivity contribution in [1.29, 1.82) is 0 Å². The third-order valence-corrected chi connectivity index (χ3v) is 0. The van der Waals surface area contributed by atoms with Crippen molar-refractivity contribution < 1.29 is 170 Å². The predicted molar refractivity (Wildman–Crippen MR) is 129 cm³/mol. The number of rotatable bonds is 0. The molecule has 0 atom stereocenters. The molecule has 0 aliphatic carbocycles. The molecule has 0 fully saturated rings. The van der Waals surface area contributed by atoms with Gasteiger partial charge >= 0.3 is 58.8 Å². The van der Waals surface area contributed by atoms with E-state index in [1.165, 1.54) is 0 Å². The van der Waals surface area contributed by atoms with Crippen LogP contribution < -0.4 is 0 Å². The molecule has 0 amide bonds. The molecule has 0 aliphatic rings. The van der Waals surface area contributed by atoms with Crippen molar-refractivity contribution in [1.82, 2.24) is 0 Å². The van der Waals surface area contributed by atoms with Gasteiger partial charge in [0.05, 0.1) is 0 Å². The number of hydrogen-bond donors (Lipinski definition) is 12. The van der Waals surface area contributed by atoms with E-state index in [0.717, 1.165) is 0 Å². The first kappa shape index (κ1) is 334. The van der Waals surface area contributed by atoms with Crippen LogP contribution in [-0.2, 0) is 0 Å². The van der Waals surface area contributed by atoms with Crippen LogP contribution in [0.25, 0.3) is 0 Å². The summed E-state index contributed by atoms with van der Waals surface area (Å²) in [6, 6.07) is 0. The molecule has 32 nitrogen and oxygen atoms in total. The quantitative estimate of drug-likeness (QED) is 0.111. The predicted octanol–water partition coefficient (Wildman–Crippen LogP) is -25.3. The van der Waals surface area contributed by atoms with Gasteiger partial charge in [-0.15, -0.1) is 0 Å². The Morgan fingerprint density at radius 1 is 0.162 bits per heavy atom. The summed E-state index contributed by atoms with van der Waals surface area (Å²) in [5.41, 5.74) is 0. The van der Waals surface area contributed by atoms with Crippen molar-refractivity contribution in [3.05, 3.63) is 0 Å². The molecule has 0 spiro atoms. The van der Waals surface area contributed by atoms with Crippen molar-refractivity contribution in [2.75, 3.05) is 0 Å². The van der Waals surface area contributed by atoms with Gasteiger partial charge in [-0.25, -0.2) is 0 Å². The molecule has 0 rings (SSSR count). The molecule has 0 heterocycles. The fourth-order valence-electron chi connectivity index (χ4n) is 0. The van der Waals surface area contributed by atoms with E-state index in [9.17, 15) is 0 Å². The zero-order valence-corrected chi connectivity index (χ0v) is 17.7. The molecule has 0 aliphatic heterocycles. The molecule has 258 valence electrons. The third-order valence-electron chi connectivity index (χ3n) is 0. The average molecular weight is 632 g/mol. The standard InChI is InChI=1S/4BH3O3.Na.20H2O.H/c4*2-1(3)4;;;;;;;;;;;;;;;;;;;;;;/h4*2-4H;;20*1H2;. The van der Waals surface area contributed by atoms with Crippen LogP contribution in [0.4, 0.5) is 0 Å². The summed E-state index contributed by atoms with van der Waals surface area (Å²) in [6.45, 7) is 0. The second-order valence-electron chi connectivity index (χ2n) is 1.39. The van der Waals surface area contributed by atoms with Gasteiger partial charge in [0, 0.05) is 0 Å². The summed E-state index contributed by atoms with van der Waals surface area (Å²) in [5.74, 6) is 0. The van der Waals surface area contributed by atoms with E-state index in [1.807, 2.05) is 0 Å². The van der Waals surface area contributed by atoms with E-state index in [0.29, 0.717) is 0 Å². The molecular weight excluding hydrogens is 578 g/mol. The molecule has 0 aromatic carbocycles. The van der Waals surface area contributed by atoms with Crippen LogP contribution in [0.15, 0.2) is 0 Å². The van der Waals surface area contributed by atoms with E-state index >= 15 is 0 Å². The van der Waals surface area contributed by atoms with Crippen LogP contribution in [0.3, 0.4) is 0 Å². The van der Waals surface area contributed by atoms with E-state index in [-0.39, 0.29) is 139 Å². The van der Waals surface area contributed by atoms with Gasteiger partial charge in [0.2, 0.25) is 0 Å². The van der Waals surface area contributed by atoms with E-state index in [1.54, 1.807) is 0 Å². The Bertz CT molecular complexity index is 67.8. The van der Waals surface area contributed by atoms with Crippen molar-refractivity contribution in [3.63, 3.8) is 0 Å². The minimum atomic E-state index is -2.17. The first-order chi connectivity index (χ1) is 6.93. The Hall–Kier alpha value is -0.0203. The second-order valence-corrected chi connectivity index (χ2v) is 1.39. The Balaban J connectivity index is -0.00000000190. The monoisotopic (exact) mass is 632 g/mol. The normalized spacial score (nSPS) is 2.92. The van der Waals surface area contributed by atoms with Gasteiger partial charge in [-0.2, -0.15) is 0 Å². The van der Waals surface area contributed by atoms with E-state index < -0.39 is 29.3 Å². The first-order valence-corrected chi connectivity index (χ1v) is 3.10. The Morgan fingerprint density at radius 3 is 0.162 bits per heavy atom. The van der Waals surface area contributed by atoms with Crippen LogP contribution in [0.5, 0.6) is 0 Å². The van der Waals surface area contributed by atoms with Crippen LogP contribution in [0.2, 0.25) is 0 Å². The molecular formula is H53B4NaO32. The van der Waals surface area contributed by atoms with Crippen molar-refractivity contribution in [2.24, 2.45) is 0 Å². The van der Waals surface area contributed by atoms with Gasteiger partial charge in [-0.05, 0) is 0 Å². The summed E-state index contributed by atoms with van der Waals surface area (Å²) in [4.78, 5) is 0. The zero-order chi connectivity index (χ0) is 14.3. The van der Waals surface area contributed by atoms with Crippen LogP contribution in [-0.4, -0.2) is 229 Å². The van der Waals surface area contributed by atoms with Gasteiger partial charge in [0.25, 0.3) is 0 Å². The van der Waals surface area contributed by atoms with Gasteiger partial charge < -0.3 is 170 Å². The van der Waals surface area contributed by atoms with Crippen molar-refractivity contribution >= 4 is 58.8 Å². The second kappa shape index (κ2) is 307. The molecule has 37 heteroatoms. The fourth-order valence-corrected chi connectivity index (χ4v) is 0. The summed E-state index contributed by atoms with van der Waals surface area (Å²) in [5, 5.41) is 86.0. The summed E-state index contributed by atoms with van der Waals surface area (Å²) < 4.78 is 0. The molecule has 37 heavy (non-hydrogen) atoms. The van der Waals surface area contributed by atoms with Gasteiger partial charge in [0.15, 0.2) is 0 Å². The average Bonchev–Trinajstić information content (AvgIpc) is 1.76. The summed E-state index contributed by atoms with van der Waals surface area (Å²) in [6.07, 6.45) is 0. The van der Waals surface area contributed by atoms with Crippen LogP contribution in [0.1, 0.15) is 0 Å². The fraction of sp³-hybridized carbons (Fsp3) is 0. The van der Waals surface area contributed by atoms with Gasteiger partial charge in [0.1, 0.15) is 0 Å². The molecule has 0 aromatic heterocycles. The number of hydrogen-bond acceptors (Lipinski definition) is 12. The molecule has 0 saturated heterocycles. The van der Waals surface area contributed by atoms with Gasteiger partial charge in [-0.3, -0.25) is 0 Å². The third kappa shape index (κ3) is 101000000. The first-order valence-electron chi connectivity index (χ1n) is 3.10. The molecule has 52 N–H and O–H groups in total. The summed E-state index contributed by atoms with van der Waals surface area (Å²) >= 11 is 0. The summed E-state index contributed by atoms with van der Waals surface area (Å²) in [7, 11) is -8.67.